The Hall–Kier alpha value is -1.42. The normalized spacial score (nSPS) is 16.2. The lowest BCUT2D eigenvalue weighted by Crippen LogP contribution is -2.51. The van der Waals surface area contributed by atoms with Crippen LogP contribution in [0.1, 0.15) is 38.8 Å². The molecule has 0 aromatic carbocycles. The number of nitrogens with zero attached hydrogens (tertiary/aromatic N) is 1. The molecular weight excluding hydrogens is 202 g/mol. The summed E-state index contributed by atoms with van der Waals surface area (Å²) in [6.45, 7) is 5.57. The summed E-state index contributed by atoms with van der Waals surface area (Å²) in [5.41, 5.74) is 6.08. The predicted octanol–water partition coefficient (Wildman–Crippen LogP) is 1.39. The predicted molar refractivity (Wildman–Crippen MR) is 63.7 cm³/mol. The number of hydrogen-bond acceptors (Lipinski definition) is 3. The molecule has 4 heteroatoms. The Bertz CT molecular complexity index is 349. The number of hydrogen-bond donors (Lipinski definition) is 2. The maximum atomic E-state index is 11.8. The number of nitrogens with one attached hydrogen (secondary N) is 1. The number of rotatable bonds is 4. The van der Waals surface area contributed by atoms with Crippen LogP contribution in [0.15, 0.2) is 24.5 Å². The summed E-state index contributed by atoms with van der Waals surface area (Å²) in [6, 6.07) is 3.71. The fourth-order valence-corrected chi connectivity index (χ4v) is 1.26. The summed E-state index contributed by atoms with van der Waals surface area (Å²) in [5, 5.41) is 2.90. The molecule has 2 unspecified atom stereocenters. The van der Waals surface area contributed by atoms with Gasteiger partial charge in [0, 0.05) is 12.4 Å². The van der Waals surface area contributed by atoms with Gasteiger partial charge in [-0.15, -0.1) is 0 Å². The summed E-state index contributed by atoms with van der Waals surface area (Å²) in [6.07, 6.45) is 4.03. The van der Waals surface area contributed by atoms with Crippen molar-refractivity contribution in [3.05, 3.63) is 30.1 Å². The van der Waals surface area contributed by atoms with E-state index >= 15 is 0 Å². The molecule has 1 heterocycles. The zero-order valence-corrected chi connectivity index (χ0v) is 10.0. The molecule has 0 radical (unpaired) electrons. The van der Waals surface area contributed by atoms with Gasteiger partial charge < -0.3 is 11.1 Å². The third kappa shape index (κ3) is 3.03. The van der Waals surface area contributed by atoms with Gasteiger partial charge in [-0.1, -0.05) is 6.92 Å². The fourth-order valence-electron chi connectivity index (χ4n) is 1.26. The molecule has 16 heavy (non-hydrogen) atoms. The van der Waals surface area contributed by atoms with Crippen LogP contribution in [0.5, 0.6) is 0 Å². The number of carbonyl (C=O) groups excluding carboxylic acids is 1. The molecule has 2 atom stereocenters. The molecule has 0 aliphatic carbocycles. The van der Waals surface area contributed by atoms with E-state index in [-0.39, 0.29) is 11.9 Å². The number of carbonyl (C=O) groups is 1. The minimum atomic E-state index is -0.804. The zero-order chi connectivity index (χ0) is 12.2. The average Bonchev–Trinajstić information content (AvgIpc) is 2.30. The SMILES string of the molecule is CCC(C)(N)C(=O)NC(C)c1ccncc1. The van der Waals surface area contributed by atoms with Crippen LogP contribution in [0.2, 0.25) is 0 Å². The van der Waals surface area contributed by atoms with Crippen LogP contribution in [0.25, 0.3) is 0 Å². The molecule has 0 saturated carbocycles. The van der Waals surface area contributed by atoms with E-state index in [1.54, 1.807) is 19.3 Å². The molecule has 0 saturated heterocycles. The molecule has 1 aromatic heterocycles. The Morgan fingerprint density at radius 1 is 1.56 bits per heavy atom. The second-order valence-electron chi connectivity index (χ2n) is 4.25. The molecule has 0 fully saturated rings. The van der Waals surface area contributed by atoms with E-state index in [1.165, 1.54) is 0 Å². The highest BCUT2D eigenvalue weighted by atomic mass is 16.2. The second kappa shape index (κ2) is 5.07. The molecule has 4 nitrogen and oxygen atoms in total. The summed E-state index contributed by atoms with van der Waals surface area (Å²) >= 11 is 0. The van der Waals surface area contributed by atoms with Gasteiger partial charge in [-0.2, -0.15) is 0 Å². The van der Waals surface area contributed by atoms with E-state index in [9.17, 15) is 4.79 Å². The van der Waals surface area contributed by atoms with Crippen LogP contribution in [0, 0.1) is 0 Å². The first-order valence-corrected chi connectivity index (χ1v) is 5.47. The Morgan fingerprint density at radius 2 is 2.12 bits per heavy atom. The van der Waals surface area contributed by atoms with E-state index in [2.05, 4.69) is 10.3 Å². The van der Waals surface area contributed by atoms with E-state index in [1.807, 2.05) is 26.0 Å². The minimum absolute atomic E-state index is 0.0510. The molecular formula is C12H19N3O. The Balaban J connectivity index is 2.66. The standard InChI is InChI=1S/C12H19N3O/c1-4-12(3,13)11(16)15-9(2)10-5-7-14-8-6-10/h5-9H,4,13H2,1-3H3,(H,15,16). The largest absolute Gasteiger partial charge is 0.348 e. The molecule has 0 bridgehead atoms. The molecule has 0 spiro atoms. The lowest BCUT2D eigenvalue weighted by molar-refractivity contribution is -0.126. The smallest absolute Gasteiger partial charge is 0.240 e. The van der Waals surface area contributed by atoms with Crippen LogP contribution in [-0.4, -0.2) is 16.4 Å². The van der Waals surface area contributed by atoms with Crippen molar-refractivity contribution in [1.29, 1.82) is 0 Å². The van der Waals surface area contributed by atoms with Gasteiger partial charge in [0.15, 0.2) is 0 Å². The van der Waals surface area contributed by atoms with Crippen LogP contribution < -0.4 is 11.1 Å². The van der Waals surface area contributed by atoms with Gasteiger partial charge >= 0.3 is 0 Å². The third-order valence-electron chi connectivity index (χ3n) is 2.81. The summed E-state index contributed by atoms with van der Waals surface area (Å²) in [4.78, 5) is 15.8. The van der Waals surface area contributed by atoms with Crippen molar-refractivity contribution < 1.29 is 4.79 Å². The topological polar surface area (TPSA) is 68.0 Å². The Labute approximate surface area is 96.3 Å². The van der Waals surface area contributed by atoms with Crippen molar-refractivity contribution in [3.8, 4) is 0 Å². The lowest BCUT2D eigenvalue weighted by atomic mass is 9.98. The minimum Gasteiger partial charge on any atom is -0.348 e. The van der Waals surface area contributed by atoms with E-state index < -0.39 is 5.54 Å². The van der Waals surface area contributed by atoms with Gasteiger partial charge in [0.1, 0.15) is 0 Å². The van der Waals surface area contributed by atoms with E-state index in [4.69, 9.17) is 5.73 Å². The zero-order valence-electron chi connectivity index (χ0n) is 10.0. The van der Waals surface area contributed by atoms with Crippen LogP contribution in [0.4, 0.5) is 0 Å². The molecule has 1 aromatic rings. The van der Waals surface area contributed by atoms with E-state index in [0.717, 1.165) is 5.56 Å². The number of nitrogens with two attached hydrogens (primary N) is 1. The van der Waals surface area contributed by atoms with Crippen molar-refractivity contribution in [3.63, 3.8) is 0 Å². The second-order valence-corrected chi connectivity index (χ2v) is 4.25. The molecule has 1 rings (SSSR count). The highest BCUT2D eigenvalue weighted by Crippen LogP contribution is 2.13. The molecule has 88 valence electrons. The maximum Gasteiger partial charge on any atom is 0.240 e. The molecule has 3 N–H and O–H groups in total. The van der Waals surface area contributed by atoms with Crippen molar-refractivity contribution in [1.82, 2.24) is 10.3 Å². The number of pyridine rings is 1. The summed E-state index contributed by atoms with van der Waals surface area (Å²) in [7, 11) is 0. The average molecular weight is 221 g/mol. The van der Waals surface area contributed by atoms with Crippen molar-refractivity contribution in [2.24, 2.45) is 5.73 Å². The monoisotopic (exact) mass is 221 g/mol. The summed E-state index contributed by atoms with van der Waals surface area (Å²) in [5.74, 6) is -0.126. The summed E-state index contributed by atoms with van der Waals surface area (Å²) < 4.78 is 0. The van der Waals surface area contributed by atoms with Crippen molar-refractivity contribution in [2.45, 2.75) is 38.8 Å². The third-order valence-corrected chi connectivity index (χ3v) is 2.81. The van der Waals surface area contributed by atoms with Gasteiger partial charge in [0.05, 0.1) is 11.6 Å². The van der Waals surface area contributed by atoms with Crippen molar-refractivity contribution >= 4 is 5.91 Å². The first kappa shape index (κ1) is 12.6. The van der Waals surface area contributed by atoms with Gasteiger partial charge in [-0.05, 0) is 38.0 Å². The van der Waals surface area contributed by atoms with Gasteiger partial charge in [-0.25, -0.2) is 0 Å². The highest BCUT2D eigenvalue weighted by Gasteiger charge is 2.27. The van der Waals surface area contributed by atoms with Crippen LogP contribution in [-0.2, 0) is 4.79 Å². The first-order valence-electron chi connectivity index (χ1n) is 5.47. The van der Waals surface area contributed by atoms with Crippen LogP contribution in [0.3, 0.4) is 0 Å². The molecule has 0 aliphatic heterocycles. The number of amides is 1. The molecule has 0 aliphatic rings. The van der Waals surface area contributed by atoms with Gasteiger partial charge in [0.2, 0.25) is 5.91 Å². The molecule has 1 amide bonds. The highest BCUT2D eigenvalue weighted by molar-refractivity contribution is 5.85. The van der Waals surface area contributed by atoms with Crippen LogP contribution >= 0.6 is 0 Å². The van der Waals surface area contributed by atoms with Gasteiger partial charge in [0.25, 0.3) is 0 Å². The van der Waals surface area contributed by atoms with Gasteiger partial charge in [-0.3, -0.25) is 9.78 Å². The maximum absolute atomic E-state index is 11.8. The quantitative estimate of drug-likeness (QED) is 0.807. The first-order chi connectivity index (χ1) is 7.47. The number of aromatic nitrogens is 1. The fraction of sp³-hybridized carbons (Fsp3) is 0.500. The van der Waals surface area contributed by atoms with E-state index in [0.29, 0.717) is 6.42 Å². The van der Waals surface area contributed by atoms with Crippen molar-refractivity contribution in [2.75, 3.05) is 0 Å². The lowest BCUT2D eigenvalue weighted by Gasteiger charge is -2.24. The Kier molecular flexibility index (Phi) is 4.01. The Morgan fingerprint density at radius 3 is 2.62 bits per heavy atom.